The molecule has 31 heavy (non-hydrogen) atoms. The molecule has 0 aliphatic carbocycles. The van der Waals surface area contributed by atoms with Gasteiger partial charge < -0.3 is 24.4 Å². The van der Waals surface area contributed by atoms with Gasteiger partial charge in [-0.15, -0.1) is 0 Å². The van der Waals surface area contributed by atoms with Crippen molar-refractivity contribution in [3.63, 3.8) is 0 Å². The number of nitrogens with one attached hydrogen (secondary N) is 1. The zero-order valence-electron chi connectivity index (χ0n) is 18.4. The van der Waals surface area contributed by atoms with Gasteiger partial charge in [0.15, 0.2) is 0 Å². The van der Waals surface area contributed by atoms with Crippen LogP contribution in [0.4, 0.5) is 4.79 Å². The van der Waals surface area contributed by atoms with E-state index in [0.717, 1.165) is 5.56 Å². The molecule has 0 heterocycles. The van der Waals surface area contributed by atoms with E-state index in [4.69, 9.17) is 14.2 Å². The van der Waals surface area contributed by atoms with Crippen LogP contribution in [0, 0.1) is 5.92 Å². The Kier molecular flexibility index (Phi) is 11.3. The largest absolute Gasteiger partial charge is 0.466 e. The normalized spacial score (nSPS) is 14.8. The molecule has 9 nitrogen and oxygen atoms in total. The van der Waals surface area contributed by atoms with E-state index in [1.807, 2.05) is 30.3 Å². The van der Waals surface area contributed by atoms with Crippen molar-refractivity contribution in [1.29, 1.82) is 0 Å². The van der Waals surface area contributed by atoms with Gasteiger partial charge in [0.05, 0.1) is 12.5 Å². The van der Waals surface area contributed by atoms with Crippen molar-refractivity contribution >= 4 is 25.4 Å². The highest BCUT2D eigenvalue weighted by atomic mass is 31.2. The fraction of sp³-hybridized carbons (Fsp3) is 0.571. The number of alkyl carbamates (subject to hydrolysis) is 1. The van der Waals surface area contributed by atoms with E-state index in [9.17, 15) is 23.8 Å². The first-order chi connectivity index (χ1) is 14.5. The Bertz CT molecular complexity index is 768. The van der Waals surface area contributed by atoms with E-state index in [-0.39, 0.29) is 25.6 Å². The number of aryl methyl sites for hydroxylation is 1. The first-order valence-corrected chi connectivity index (χ1v) is 12.1. The van der Waals surface area contributed by atoms with Crippen LogP contribution < -0.4 is 5.32 Å². The minimum absolute atomic E-state index is 0.0946. The summed E-state index contributed by atoms with van der Waals surface area (Å²) in [6.07, 6.45) is -2.22. The monoisotopic (exact) mass is 457 g/mol. The third-order valence-electron chi connectivity index (χ3n) is 4.29. The van der Waals surface area contributed by atoms with Crippen LogP contribution in [0.25, 0.3) is 0 Å². The summed E-state index contributed by atoms with van der Waals surface area (Å²) < 4.78 is 27.8. The van der Waals surface area contributed by atoms with E-state index in [1.165, 1.54) is 6.92 Å². The quantitative estimate of drug-likeness (QED) is 0.278. The van der Waals surface area contributed by atoms with Crippen LogP contribution in [0.15, 0.2) is 30.3 Å². The van der Waals surface area contributed by atoms with E-state index >= 15 is 0 Å². The molecule has 1 amide bonds. The number of ether oxygens (including phenoxy) is 3. The van der Waals surface area contributed by atoms with Gasteiger partial charge >= 0.3 is 18.0 Å². The SMILES string of the molecule is CCOC(=O)CCC(NC(=O)OC(C)OC(=O)C(C)C)P(=O)(O)CCc1ccccc1. The summed E-state index contributed by atoms with van der Waals surface area (Å²) in [4.78, 5) is 46.2. The van der Waals surface area contributed by atoms with Gasteiger partial charge in [0, 0.05) is 19.5 Å². The molecule has 1 aromatic rings. The molecular weight excluding hydrogens is 425 g/mol. The van der Waals surface area contributed by atoms with Gasteiger partial charge in [-0.25, -0.2) is 4.79 Å². The molecule has 0 spiro atoms. The van der Waals surface area contributed by atoms with Gasteiger partial charge in [-0.3, -0.25) is 14.2 Å². The number of carbonyl (C=O) groups excluding carboxylic acids is 3. The number of hydrogen-bond donors (Lipinski definition) is 2. The Morgan fingerprint density at radius 3 is 2.32 bits per heavy atom. The Labute approximate surface area is 182 Å². The molecule has 3 unspecified atom stereocenters. The maximum absolute atomic E-state index is 13.0. The number of rotatable bonds is 12. The molecule has 2 N–H and O–H groups in total. The molecule has 0 aliphatic rings. The minimum atomic E-state index is -3.91. The number of amides is 1. The third kappa shape index (κ3) is 10.5. The molecule has 3 atom stereocenters. The molecule has 0 saturated carbocycles. The summed E-state index contributed by atoms with van der Waals surface area (Å²) in [7, 11) is -3.91. The molecule has 0 fully saturated rings. The van der Waals surface area contributed by atoms with Crippen molar-refractivity contribution in [2.24, 2.45) is 5.92 Å². The van der Waals surface area contributed by atoms with Crippen LogP contribution in [0.5, 0.6) is 0 Å². The predicted molar refractivity (Wildman–Crippen MR) is 115 cm³/mol. The van der Waals surface area contributed by atoms with Crippen LogP contribution >= 0.6 is 7.37 Å². The van der Waals surface area contributed by atoms with Crippen molar-refractivity contribution in [2.45, 2.75) is 59.0 Å². The van der Waals surface area contributed by atoms with Crippen molar-refractivity contribution in [1.82, 2.24) is 5.32 Å². The molecule has 10 heteroatoms. The molecule has 174 valence electrons. The second-order valence-electron chi connectivity index (χ2n) is 7.28. The Balaban J connectivity index is 2.79. The number of carbonyl (C=O) groups is 3. The highest BCUT2D eigenvalue weighted by molar-refractivity contribution is 7.58. The summed E-state index contributed by atoms with van der Waals surface area (Å²) in [5, 5.41) is 2.35. The highest BCUT2D eigenvalue weighted by Crippen LogP contribution is 2.47. The van der Waals surface area contributed by atoms with Gasteiger partial charge in [0.1, 0.15) is 5.78 Å². The summed E-state index contributed by atoms with van der Waals surface area (Å²) in [6.45, 7) is 6.47. The molecule has 0 saturated heterocycles. The summed E-state index contributed by atoms with van der Waals surface area (Å²) in [5.41, 5.74) is 0.873. The van der Waals surface area contributed by atoms with Gasteiger partial charge in [0.25, 0.3) is 0 Å². The second kappa shape index (κ2) is 13.1. The van der Waals surface area contributed by atoms with Crippen LogP contribution in [0.3, 0.4) is 0 Å². The van der Waals surface area contributed by atoms with E-state index in [2.05, 4.69) is 5.32 Å². The maximum atomic E-state index is 13.0. The van der Waals surface area contributed by atoms with Gasteiger partial charge in [-0.1, -0.05) is 44.2 Å². The second-order valence-corrected chi connectivity index (χ2v) is 9.86. The molecule has 0 aromatic heterocycles. The lowest BCUT2D eigenvalue weighted by molar-refractivity contribution is -0.168. The number of hydrogen-bond acceptors (Lipinski definition) is 7. The standard InChI is InChI=1S/C21H32NO8P/c1-5-28-19(23)12-11-18(22-21(25)30-16(4)29-20(24)15(2)3)31(26,27)14-13-17-9-7-6-8-10-17/h6-10,15-16,18H,5,11-14H2,1-4H3,(H,22,25)(H,26,27). The average molecular weight is 457 g/mol. The van der Waals surface area contributed by atoms with E-state index < -0.39 is 43.4 Å². The first-order valence-electron chi connectivity index (χ1n) is 10.2. The highest BCUT2D eigenvalue weighted by Gasteiger charge is 2.33. The lowest BCUT2D eigenvalue weighted by Gasteiger charge is -2.25. The fourth-order valence-corrected chi connectivity index (χ4v) is 4.33. The summed E-state index contributed by atoms with van der Waals surface area (Å²) in [5.74, 6) is -2.71. The molecule has 0 radical (unpaired) electrons. The zero-order chi connectivity index (χ0) is 23.4. The Hall–Kier alpha value is -2.38. The zero-order valence-corrected chi connectivity index (χ0v) is 19.3. The fourth-order valence-electron chi connectivity index (χ4n) is 2.60. The van der Waals surface area contributed by atoms with E-state index in [1.54, 1.807) is 20.8 Å². The lowest BCUT2D eigenvalue weighted by Crippen LogP contribution is -2.38. The lowest BCUT2D eigenvalue weighted by atomic mass is 10.2. The summed E-state index contributed by atoms with van der Waals surface area (Å²) >= 11 is 0. The molecule has 1 aromatic carbocycles. The van der Waals surface area contributed by atoms with Gasteiger partial charge in [0.2, 0.25) is 13.7 Å². The first kappa shape index (κ1) is 26.7. The number of benzene rings is 1. The van der Waals surface area contributed by atoms with Crippen molar-refractivity contribution in [3.05, 3.63) is 35.9 Å². The molecule has 0 aliphatic heterocycles. The van der Waals surface area contributed by atoms with E-state index in [0.29, 0.717) is 6.42 Å². The average Bonchev–Trinajstić information content (AvgIpc) is 2.70. The minimum Gasteiger partial charge on any atom is -0.466 e. The maximum Gasteiger partial charge on any atom is 0.410 e. The molecule has 0 bridgehead atoms. The topological polar surface area (TPSA) is 128 Å². The van der Waals surface area contributed by atoms with Crippen molar-refractivity contribution in [3.8, 4) is 0 Å². The van der Waals surface area contributed by atoms with Crippen molar-refractivity contribution in [2.75, 3.05) is 12.8 Å². The third-order valence-corrected chi connectivity index (χ3v) is 6.51. The Morgan fingerprint density at radius 2 is 1.74 bits per heavy atom. The number of esters is 2. The van der Waals surface area contributed by atoms with Crippen LogP contribution in [0.1, 0.15) is 46.1 Å². The molecular formula is C21H32NO8P. The Morgan fingerprint density at radius 1 is 1.10 bits per heavy atom. The van der Waals surface area contributed by atoms with Gasteiger partial charge in [-0.2, -0.15) is 0 Å². The van der Waals surface area contributed by atoms with Gasteiger partial charge in [-0.05, 0) is 25.3 Å². The van der Waals surface area contributed by atoms with Crippen LogP contribution in [0.2, 0.25) is 0 Å². The van der Waals surface area contributed by atoms with Crippen LogP contribution in [-0.4, -0.2) is 47.8 Å². The smallest absolute Gasteiger partial charge is 0.410 e. The summed E-state index contributed by atoms with van der Waals surface area (Å²) in [6, 6.07) is 9.16. The predicted octanol–water partition coefficient (Wildman–Crippen LogP) is 3.44. The van der Waals surface area contributed by atoms with Crippen molar-refractivity contribution < 1.29 is 38.1 Å². The van der Waals surface area contributed by atoms with Crippen LogP contribution in [-0.2, 0) is 34.8 Å². The molecule has 1 rings (SSSR count).